The van der Waals surface area contributed by atoms with Gasteiger partial charge < -0.3 is 15.4 Å². The third-order valence-electron chi connectivity index (χ3n) is 3.86. The van der Waals surface area contributed by atoms with Crippen molar-refractivity contribution >= 4 is 11.8 Å². The predicted octanol–water partition coefficient (Wildman–Crippen LogP) is 2.11. The van der Waals surface area contributed by atoms with Crippen molar-refractivity contribution in [1.82, 2.24) is 10.6 Å². The number of ether oxygens (including phenoxy) is 1. The van der Waals surface area contributed by atoms with Crippen molar-refractivity contribution in [3.8, 4) is 5.75 Å². The highest BCUT2D eigenvalue weighted by atomic mass is 19.3. The lowest BCUT2D eigenvalue weighted by Crippen LogP contribution is -2.31. The van der Waals surface area contributed by atoms with Crippen LogP contribution in [0.15, 0.2) is 24.3 Å². The minimum atomic E-state index is -2.53. The molecule has 7 heteroatoms. The fourth-order valence-electron chi connectivity index (χ4n) is 2.31. The molecule has 1 aliphatic carbocycles. The number of halogens is 2. The van der Waals surface area contributed by atoms with Crippen LogP contribution in [0.1, 0.15) is 25.3 Å². The average molecular weight is 340 g/mol. The van der Waals surface area contributed by atoms with Gasteiger partial charge in [0, 0.05) is 25.4 Å². The molecule has 2 N–H and O–H groups in total. The lowest BCUT2D eigenvalue weighted by Gasteiger charge is -2.09. The molecule has 5 nitrogen and oxygen atoms in total. The van der Waals surface area contributed by atoms with Crippen molar-refractivity contribution in [2.45, 2.75) is 32.7 Å². The first-order valence-corrected chi connectivity index (χ1v) is 8.00. The van der Waals surface area contributed by atoms with E-state index < -0.39 is 13.0 Å². The van der Waals surface area contributed by atoms with E-state index in [4.69, 9.17) is 4.74 Å². The first-order valence-electron chi connectivity index (χ1n) is 8.00. The Morgan fingerprint density at radius 3 is 2.75 bits per heavy atom. The molecular formula is C17H22F2N2O3. The van der Waals surface area contributed by atoms with E-state index in [2.05, 4.69) is 10.6 Å². The molecular weight excluding hydrogens is 318 g/mol. The van der Waals surface area contributed by atoms with Gasteiger partial charge >= 0.3 is 0 Å². The van der Waals surface area contributed by atoms with Gasteiger partial charge in [0.25, 0.3) is 6.43 Å². The first kappa shape index (κ1) is 18.2. The molecule has 0 aromatic heterocycles. The summed E-state index contributed by atoms with van der Waals surface area (Å²) < 4.78 is 29.2. The summed E-state index contributed by atoms with van der Waals surface area (Å²) in [5.74, 6) is 0.715. The molecule has 1 aliphatic rings. The molecule has 2 rings (SSSR count). The average Bonchev–Trinajstić information content (AvgIpc) is 3.28. The molecule has 2 atom stereocenters. The van der Waals surface area contributed by atoms with E-state index in [-0.39, 0.29) is 30.7 Å². The number of amides is 2. The zero-order chi connectivity index (χ0) is 17.5. The Bertz CT molecular complexity index is 581. The Balaban J connectivity index is 1.65. The van der Waals surface area contributed by atoms with Crippen LogP contribution in [0.2, 0.25) is 0 Å². The highest BCUT2D eigenvalue weighted by molar-refractivity contribution is 5.82. The van der Waals surface area contributed by atoms with Crippen molar-refractivity contribution in [1.29, 1.82) is 0 Å². The van der Waals surface area contributed by atoms with E-state index in [1.54, 1.807) is 24.3 Å². The molecule has 1 aromatic rings. The molecule has 0 spiro atoms. The van der Waals surface area contributed by atoms with Crippen LogP contribution in [0, 0.1) is 11.8 Å². The fraction of sp³-hybridized carbons (Fsp3) is 0.529. The SMILES string of the molecule is C[C@H]1C[C@@H]1C(=O)NCCC(=O)NCc1cccc(OCC(F)F)c1. The predicted molar refractivity (Wildman–Crippen MR) is 84.7 cm³/mol. The van der Waals surface area contributed by atoms with Gasteiger partial charge in [-0.3, -0.25) is 9.59 Å². The normalized spacial score (nSPS) is 19.0. The number of hydrogen-bond acceptors (Lipinski definition) is 3. The maximum absolute atomic E-state index is 12.1. The molecule has 0 radical (unpaired) electrons. The maximum atomic E-state index is 12.1. The van der Waals surface area contributed by atoms with Gasteiger partial charge in [-0.15, -0.1) is 0 Å². The fourth-order valence-corrected chi connectivity index (χ4v) is 2.31. The van der Waals surface area contributed by atoms with E-state index in [0.29, 0.717) is 18.2 Å². The van der Waals surface area contributed by atoms with E-state index in [0.717, 1.165) is 12.0 Å². The van der Waals surface area contributed by atoms with Crippen LogP contribution in [-0.2, 0) is 16.1 Å². The minimum absolute atomic E-state index is 0.0131. The highest BCUT2D eigenvalue weighted by Gasteiger charge is 2.38. The summed E-state index contributed by atoms with van der Waals surface area (Å²) in [7, 11) is 0. The van der Waals surface area contributed by atoms with Gasteiger partial charge in [-0.25, -0.2) is 8.78 Å². The van der Waals surface area contributed by atoms with Gasteiger partial charge in [0.1, 0.15) is 12.4 Å². The van der Waals surface area contributed by atoms with Crippen molar-refractivity contribution in [3.05, 3.63) is 29.8 Å². The summed E-state index contributed by atoms with van der Waals surface area (Å²) in [6.07, 6.45) is -1.40. The Morgan fingerprint density at radius 1 is 1.33 bits per heavy atom. The third kappa shape index (κ3) is 6.14. The smallest absolute Gasteiger partial charge is 0.272 e. The summed E-state index contributed by atoms with van der Waals surface area (Å²) in [6.45, 7) is 1.95. The number of hydrogen-bond donors (Lipinski definition) is 2. The number of alkyl halides is 2. The molecule has 0 bridgehead atoms. The Morgan fingerprint density at radius 2 is 2.08 bits per heavy atom. The summed E-state index contributed by atoms with van der Waals surface area (Å²) in [4.78, 5) is 23.4. The van der Waals surface area contributed by atoms with Gasteiger partial charge in [-0.1, -0.05) is 19.1 Å². The second kappa shape index (κ2) is 8.61. The molecule has 24 heavy (non-hydrogen) atoms. The molecule has 0 saturated heterocycles. The van der Waals surface area contributed by atoms with Crippen molar-refractivity contribution in [2.75, 3.05) is 13.2 Å². The van der Waals surface area contributed by atoms with Crippen LogP contribution in [0.25, 0.3) is 0 Å². The van der Waals surface area contributed by atoms with Gasteiger partial charge in [-0.05, 0) is 30.0 Å². The van der Waals surface area contributed by atoms with Gasteiger partial charge in [0.15, 0.2) is 0 Å². The van der Waals surface area contributed by atoms with Crippen LogP contribution in [-0.4, -0.2) is 31.4 Å². The van der Waals surface area contributed by atoms with Crippen LogP contribution < -0.4 is 15.4 Å². The number of carbonyl (C=O) groups is 2. The molecule has 1 saturated carbocycles. The first-order chi connectivity index (χ1) is 11.5. The second-order valence-corrected chi connectivity index (χ2v) is 5.99. The topological polar surface area (TPSA) is 67.4 Å². The summed E-state index contributed by atoms with van der Waals surface area (Å²) in [6, 6.07) is 6.64. The quantitative estimate of drug-likeness (QED) is 0.723. The number of benzene rings is 1. The lowest BCUT2D eigenvalue weighted by atomic mass is 10.2. The third-order valence-corrected chi connectivity index (χ3v) is 3.86. The van der Waals surface area contributed by atoms with Crippen molar-refractivity contribution < 1.29 is 23.1 Å². The molecule has 2 amide bonds. The summed E-state index contributed by atoms with van der Waals surface area (Å²) in [5, 5.41) is 5.47. The largest absolute Gasteiger partial charge is 0.488 e. The van der Waals surface area contributed by atoms with E-state index in [9.17, 15) is 18.4 Å². The molecule has 0 unspecified atom stereocenters. The standard InChI is InChI=1S/C17H22F2N2O3/c1-11-7-14(11)17(23)20-6-5-16(22)21-9-12-3-2-4-13(8-12)24-10-15(18)19/h2-4,8,11,14-15H,5-7,9-10H2,1H3,(H,20,23)(H,21,22)/t11-,14-/m0/s1. The minimum Gasteiger partial charge on any atom is -0.488 e. The van der Waals surface area contributed by atoms with Crippen LogP contribution in [0.5, 0.6) is 5.75 Å². The van der Waals surface area contributed by atoms with Crippen LogP contribution in [0.3, 0.4) is 0 Å². The lowest BCUT2D eigenvalue weighted by molar-refractivity contribution is -0.123. The maximum Gasteiger partial charge on any atom is 0.272 e. The molecule has 1 fully saturated rings. The van der Waals surface area contributed by atoms with E-state index >= 15 is 0 Å². The Labute approximate surface area is 139 Å². The van der Waals surface area contributed by atoms with Crippen LogP contribution in [0.4, 0.5) is 8.78 Å². The van der Waals surface area contributed by atoms with Gasteiger partial charge in [0.05, 0.1) is 0 Å². The number of carbonyl (C=O) groups excluding carboxylic acids is 2. The Hall–Kier alpha value is -2.18. The zero-order valence-corrected chi connectivity index (χ0v) is 13.6. The molecule has 132 valence electrons. The van der Waals surface area contributed by atoms with Gasteiger partial charge in [0.2, 0.25) is 11.8 Å². The molecule has 0 aliphatic heterocycles. The summed E-state index contributed by atoms with van der Waals surface area (Å²) >= 11 is 0. The van der Waals surface area contributed by atoms with E-state index in [1.165, 1.54) is 0 Å². The number of nitrogens with one attached hydrogen (secondary N) is 2. The second-order valence-electron chi connectivity index (χ2n) is 5.99. The summed E-state index contributed by atoms with van der Waals surface area (Å²) in [5.41, 5.74) is 0.756. The Kier molecular flexibility index (Phi) is 6.52. The highest BCUT2D eigenvalue weighted by Crippen LogP contribution is 2.37. The monoisotopic (exact) mass is 340 g/mol. The van der Waals surface area contributed by atoms with Crippen molar-refractivity contribution in [3.63, 3.8) is 0 Å². The molecule has 1 aromatic carbocycles. The zero-order valence-electron chi connectivity index (χ0n) is 13.6. The van der Waals surface area contributed by atoms with Gasteiger partial charge in [-0.2, -0.15) is 0 Å². The number of rotatable bonds is 9. The van der Waals surface area contributed by atoms with Crippen LogP contribution >= 0.6 is 0 Å². The molecule has 0 heterocycles. The van der Waals surface area contributed by atoms with E-state index in [1.807, 2.05) is 6.92 Å². The van der Waals surface area contributed by atoms with Crippen molar-refractivity contribution in [2.24, 2.45) is 11.8 Å².